The van der Waals surface area contributed by atoms with Gasteiger partial charge in [-0.3, -0.25) is 9.59 Å². The van der Waals surface area contributed by atoms with Crippen LogP contribution in [0.4, 0.5) is 5.69 Å². The molecular formula is C25H18ClNO3. The standard InChI is InChI=1S/C25H18ClNO3/c1-16-6-11-18(12-7-16)24(29)25-23(20-4-2-3-5-21(20)30-25)27-22(28)15-10-17-8-13-19(26)14-9-17/h2-15H,1H3,(H,27,28)/b15-10+. The van der Waals surface area contributed by atoms with Gasteiger partial charge in [0.25, 0.3) is 0 Å². The zero-order valence-electron chi connectivity index (χ0n) is 16.2. The summed E-state index contributed by atoms with van der Waals surface area (Å²) in [5, 5.41) is 4.10. The number of amides is 1. The van der Waals surface area contributed by atoms with Gasteiger partial charge in [-0.1, -0.05) is 65.7 Å². The van der Waals surface area contributed by atoms with Gasteiger partial charge in [0, 0.05) is 22.0 Å². The average molecular weight is 416 g/mol. The van der Waals surface area contributed by atoms with Crippen LogP contribution >= 0.6 is 11.6 Å². The molecule has 0 saturated carbocycles. The van der Waals surface area contributed by atoms with Gasteiger partial charge in [-0.15, -0.1) is 0 Å². The van der Waals surface area contributed by atoms with Crippen LogP contribution in [0.3, 0.4) is 0 Å². The summed E-state index contributed by atoms with van der Waals surface area (Å²) in [6, 6.07) is 21.6. The molecule has 30 heavy (non-hydrogen) atoms. The number of furan rings is 1. The van der Waals surface area contributed by atoms with E-state index in [-0.39, 0.29) is 17.5 Å². The van der Waals surface area contributed by atoms with Gasteiger partial charge in [-0.25, -0.2) is 0 Å². The van der Waals surface area contributed by atoms with E-state index in [1.807, 2.05) is 49.4 Å². The van der Waals surface area contributed by atoms with Crippen molar-refractivity contribution in [2.45, 2.75) is 6.92 Å². The molecule has 1 N–H and O–H groups in total. The fourth-order valence-corrected chi connectivity index (χ4v) is 3.20. The summed E-state index contributed by atoms with van der Waals surface area (Å²) in [5.41, 5.74) is 3.28. The quantitative estimate of drug-likeness (QED) is 0.308. The first-order valence-electron chi connectivity index (χ1n) is 9.39. The molecule has 1 aromatic heterocycles. The first-order valence-corrected chi connectivity index (χ1v) is 9.76. The highest BCUT2D eigenvalue weighted by molar-refractivity contribution is 6.30. The van der Waals surface area contributed by atoms with Gasteiger partial charge in [-0.05, 0) is 42.8 Å². The predicted molar refractivity (Wildman–Crippen MR) is 120 cm³/mol. The molecule has 0 radical (unpaired) electrons. The van der Waals surface area contributed by atoms with E-state index in [0.717, 1.165) is 11.1 Å². The van der Waals surface area contributed by atoms with Crippen molar-refractivity contribution in [3.63, 3.8) is 0 Å². The van der Waals surface area contributed by atoms with Crippen molar-refractivity contribution in [1.82, 2.24) is 0 Å². The normalized spacial score (nSPS) is 11.1. The van der Waals surface area contributed by atoms with Gasteiger partial charge in [-0.2, -0.15) is 0 Å². The molecule has 0 saturated heterocycles. The number of benzene rings is 3. The van der Waals surface area contributed by atoms with E-state index < -0.39 is 0 Å². The van der Waals surface area contributed by atoms with E-state index in [4.69, 9.17) is 16.0 Å². The minimum absolute atomic E-state index is 0.105. The Morgan fingerprint density at radius 1 is 0.933 bits per heavy atom. The van der Waals surface area contributed by atoms with Gasteiger partial charge < -0.3 is 9.73 Å². The molecule has 1 heterocycles. The fraction of sp³-hybridized carbons (Fsp3) is 0.0400. The Morgan fingerprint density at radius 3 is 2.37 bits per heavy atom. The van der Waals surface area contributed by atoms with Crippen LogP contribution in [0.25, 0.3) is 17.0 Å². The summed E-state index contributed by atoms with van der Waals surface area (Å²) >= 11 is 5.89. The molecular weight excluding hydrogens is 398 g/mol. The van der Waals surface area contributed by atoms with Crippen LogP contribution in [0.15, 0.2) is 83.3 Å². The summed E-state index contributed by atoms with van der Waals surface area (Å²) in [4.78, 5) is 25.6. The molecule has 0 aliphatic rings. The second kappa shape index (κ2) is 8.39. The van der Waals surface area contributed by atoms with Crippen molar-refractivity contribution >= 4 is 46.0 Å². The maximum atomic E-state index is 13.1. The van der Waals surface area contributed by atoms with Crippen molar-refractivity contribution in [3.05, 3.63) is 106 Å². The van der Waals surface area contributed by atoms with Crippen molar-refractivity contribution < 1.29 is 14.0 Å². The second-order valence-corrected chi connectivity index (χ2v) is 7.31. The summed E-state index contributed by atoms with van der Waals surface area (Å²) < 4.78 is 5.82. The Hall–Kier alpha value is -3.63. The topological polar surface area (TPSA) is 59.3 Å². The number of hydrogen-bond acceptors (Lipinski definition) is 3. The molecule has 0 atom stereocenters. The van der Waals surface area contributed by atoms with Gasteiger partial charge in [0.05, 0.1) is 5.69 Å². The summed E-state index contributed by atoms with van der Waals surface area (Å²) in [7, 11) is 0. The monoisotopic (exact) mass is 415 g/mol. The maximum absolute atomic E-state index is 13.1. The lowest BCUT2D eigenvalue weighted by Gasteiger charge is -2.04. The SMILES string of the molecule is Cc1ccc(C(=O)c2oc3ccccc3c2NC(=O)/C=C/c2ccc(Cl)cc2)cc1. The summed E-state index contributed by atoms with van der Waals surface area (Å²) in [6.45, 7) is 1.95. The third-order valence-electron chi connectivity index (χ3n) is 4.66. The Kier molecular flexibility index (Phi) is 5.50. The largest absolute Gasteiger partial charge is 0.450 e. The van der Waals surface area contributed by atoms with Crippen LogP contribution in [0.1, 0.15) is 27.2 Å². The molecule has 0 aliphatic heterocycles. The Bertz CT molecular complexity index is 1250. The smallest absolute Gasteiger partial charge is 0.248 e. The van der Waals surface area contributed by atoms with Crippen molar-refractivity contribution in [3.8, 4) is 0 Å². The van der Waals surface area contributed by atoms with Crippen LogP contribution in [0.5, 0.6) is 0 Å². The van der Waals surface area contributed by atoms with Crippen molar-refractivity contribution in [1.29, 1.82) is 0 Å². The van der Waals surface area contributed by atoms with E-state index in [1.165, 1.54) is 6.08 Å². The molecule has 5 heteroatoms. The first kappa shape index (κ1) is 19.7. The molecule has 4 nitrogen and oxygen atoms in total. The molecule has 1 amide bonds. The number of anilines is 1. The number of halogens is 1. The van der Waals surface area contributed by atoms with E-state index in [0.29, 0.717) is 27.2 Å². The molecule has 0 spiro atoms. The number of carbonyl (C=O) groups is 2. The van der Waals surface area contributed by atoms with Crippen LogP contribution in [0, 0.1) is 6.92 Å². The van der Waals surface area contributed by atoms with E-state index >= 15 is 0 Å². The fourth-order valence-electron chi connectivity index (χ4n) is 3.08. The molecule has 0 bridgehead atoms. The Balaban J connectivity index is 1.66. The van der Waals surface area contributed by atoms with Gasteiger partial charge in [0.2, 0.25) is 11.7 Å². The average Bonchev–Trinajstić information content (AvgIpc) is 3.12. The van der Waals surface area contributed by atoms with Crippen molar-refractivity contribution in [2.24, 2.45) is 0 Å². The van der Waals surface area contributed by atoms with Crippen LogP contribution in [-0.4, -0.2) is 11.7 Å². The highest BCUT2D eigenvalue weighted by Gasteiger charge is 2.22. The highest BCUT2D eigenvalue weighted by Crippen LogP contribution is 2.32. The number of hydrogen-bond donors (Lipinski definition) is 1. The molecule has 4 rings (SSSR count). The number of aryl methyl sites for hydroxylation is 1. The predicted octanol–water partition coefficient (Wildman–Crippen LogP) is 6.28. The number of fused-ring (bicyclic) bond motifs is 1. The van der Waals surface area contributed by atoms with Crippen molar-refractivity contribution in [2.75, 3.05) is 5.32 Å². The zero-order valence-corrected chi connectivity index (χ0v) is 16.9. The number of para-hydroxylation sites is 1. The maximum Gasteiger partial charge on any atom is 0.248 e. The molecule has 3 aromatic carbocycles. The van der Waals surface area contributed by atoms with Gasteiger partial charge >= 0.3 is 0 Å². The minimum Gasteiger partial charge on any atom is -0.450 e. The minimum atomic E-state index is -0.366. The number of nitrogens with one attached hydrogen (secondary N) is 1. The van der Waals surface area contributed by atoms with E-state index in [1.54, 1.807) is 36.4 Å². The number of ketones is 1. The second-order valence-electron chi connectivity index (χ2n) is 6.87. The number of carbonyl (C=O) groups excluding carboxylic acids is 2. The van der Waals surface area contributed by atoms with Gasteiger partial charge in [0.1, 0.15) is 5.58 Å². The molecule has 0 unspecified atom stereocenters. The van der Waals surface area contributed by atoms with Crippen LogP contribution in [0.2, 0.25) is 5.02 Å². The lowest BCUT2D eigenvalue weighted by molar-refractivity contribution is -0.111. The molecule has 4 aromatic rings. The highest BCUT2D eigenvalue weighted by atomic mass is 35.5. The Labute approximate surface area is 178 Å². The first-order chi connectivity index (χ1) is 14.5. The summed E-state index contributed by atoms with van der Waals surface area (Å²) in [6.07, 6.45) is 3.08. The summed E-state index contributed by atoms with van der Waals surface area (Å²) in [5.74, 6) is -0.550. The molecule has 148 valence electrons. The Morgan fingerprint density at radius 2 is 1.63 bits per heavy atom. The molecule has 0 fully saturated rings. The third kappa shape index (κ3) is 4.19. The lowest BCUT2D eigenvalue weighted by Crippen LogP contribution is -2.11. The lowest BCUT2D eigenvalue weighted by atomic mass is 10.1. The zero-order chi connectivity index (χ0) is 21.1. The van der Waals surface area contributed by atoms with Crippen LogP contribution in [-0.2, 0) is 4.79 Å². The van der Waals surface area contributed by atoms with Crippen LogP contribution < -0.4 is 5.32 Å². The third-order valence-corrected chi connectivity index (χ3v) is 4.91. The van der Waals surface area contributed by atoms with E-state index in [9.17, 15) is 9.59 Å². The van der Waals surface area contributed by atoms with E-state index in [2.05, 4.69) is 5.32 Å². The number of rotatable bonds is 5. The molecule has 0 aliphatic carbocycles. The van der Waals surface area contributed by atoms with Gasteiger partial charge in [0.15, 0.2) is 5.76 Å².